The number of hydrogen-bond acceptors (Lipinski definition) is 5. The van der Waals surface area contributed by atoms with Crippen LogP contribution in [0.4, 0.5) is 24.7 Å². The van der Waals surface area contributed by atoms with E-state index < -0.39 is 11.7 Å². The van der Waals surface area contributed by atoms with Crippen molar-refractivity contribution in [3.8, 4) is 22.8 Å². The van der Waals surface area contributed by atoms with Gasteiger partial charge in [-0.15, -0.1) is 0 Å². The molecule has 0 saturated heterocycles. The summed E-state index contributed by atoms with van der Waals surface area (Å²) in [5, 5.41) is 5.74. The van der Waals surface area contributed by atoms with Crippen LogP contribution in [0.5, 0.6) is 11.5 Å². The van der Waals surface area contributed by atoms with Crippen molar-refractivity contribution < 1.29 is 22.6 Å². The summed E-state index contributed by atoms with van der Waals surface area (Å²) < 4.78 is 53.5. The molecule has 0 N–H and O–H groups in total. The van der Waals surface area contributed by atoms with Crippen LogP contribution in [0.3, 0.4) is 0 Å². The molecule has 10 heteroatoms. The first-order chi connectivity index (χ1) is 20.7. The van der Waals surface area contributed by atoms with Crippen LogP contribution in [-0.4, -0.2) is 35.0 Å². The normalized spacial score (nSPS) is 13.3. The Labute approximate surface area is 252 Å². The number of pyridine rings is 1. The van der Waals surface area contributed by atoms with Crippen molar-refractivity contribution in [3.63, 3.8) is 0 Å². The number of benzene rings is 3. The highest BCUT2D eigenvalue weighted by Gasteiger charge is 2.31. The van der Waals surface area contributed by atoms with Crippen molar-refractivity contribution >= 4 is 34.0 Å². The number of hydrogen-bond donors (Lipinski definition) is 0. The highest BCUT2D eigenvalue weighted by Crippen LogP contribution is 2.40. The molecular weight excluding hydrogens is 577 g/mol. The fourth-order valence-electron chi connectivity index (χ4n) is 5.03. The van der Waals surface area contributed by atoms with Gasteiger partial charge in [0.15, 0.2) is 0 Å². The molecule has 0 amide bonds. The largest absolute Gasteiger partial charge is 0.497 e. The van der Waals surface area contributed by atoms with Crippen LogP contribution >= 0.6 is 11.6 Å². The van der Waals surface area contributed by atoms with E-state index in [2.05, 4.69) is 0 Å². The zero-order valence-corrected chi connectivity index (χ0v) is 24.5. The Balaban J connectivity index is 1.46. The van der Waals surface area contributed by atoms with Crippen molar-refractivity contribution in [3.05, 3.63) is 95.1 Å². The highest BCUT2D eigenvalue weighted by atomic mass is 35.5. The Bertz CT molecular complexity index is 1750. The number of halogens is 4. The average molecular weight is 607 g/mol. The van der Waals surface area contributed by atoms with E-state index in [4.69, 9.17) is 31.2 Å². The molecule has 5 aromatic rings. The SMILES string of the molecule is CCN(c1cc2cn(Cc3ccc(OC)cc3)nc2c(-c2ccccc2OCC2CC2)n1)c1ccc(C(F)(F)F)cc1Cl. The van der Waals surface area contributed by atoms with E-state index in [-0.39, 0.29) is 5.02 Å². The lowest BCUT2D eigenvalue weighted by Gasteiger charge is -2.25. The van der Waals surface area contributed by atoms with E-state index in [0.717, 1.165) is 47.2 Å². The number of para-hydroxylation sites is 1. The van der Waals surface area contributed by atoms with Gasteiger partial charge < -0.3 is 14.4 Å². The van der Waals surface area contributed by atoms with E-state index in [0.29, 0.717) is 54.1 Å². The second kappa shape index (κ2) is 11.8. The number of aromatic nitrogens is 3. The Morgan fingerprint density at radius 3 is 2.47 bits per heavy atom. The average Bonchev–Trinajstić information content (AvgIpc) is 3.74. The van der Waals surface area contributed by atoms with Crippen LogP contribution in [0, 0.1) is 5.92 Å². The molecule has 1 aliphatic rings. The summed E-state index contributed by atoms with van der Waals surface area (Å²) in [5.41, 5.74) is 2.77. The van der Waals surface area contributed by atoms with E-state index in [1.807, 2.05) is 72.4 Å². The van der Waals surface area contributed by atoms with Crippen LogP contribution < -0.4 is 14.4 Å². The van der Waals surface area contributed by atoms with Crippen molar-refractivity contribution in [2.75, 3.05) is 25.2 Å². The fourth-order valence-corrected chi connectivity index (χ4v) is 5.31. The van der Waals surface area contributed by atoms with E-state index in [1.54, 1.807) is 12.0 Å². The molecule has 1 aliphatic carbocycles. The predicted molar refractivity (Wildman–Crippen MR) is 162 cm³/mol. The molecule has 1 fully saturated rings. The lowest BCUT2D eigenvalue weighted by Crippen LogP contribution is -2.18. The van der Waals surface area contributed by atoms with E-state index in [1.165, 1.54) is 6.07 Å². The molecule has 43 heavy (non-hydrogen) atoms. The summed E-state index contributed by atoms with van der Waals surface area (Å²) in [6.07, 6.45) is -0.221. The van der Waals surface area contributed by atoms with Crippen LogP contribution in [0.25, 0.3) is 22.2 Å². The quantitative estimate of drug-likeness (QED) is 0.159. The second-order valence-corrected chi connectivity index (χ2v) is 11.0. The van der Waals surface area contributed by atoms with Gasteiger partial charge in [0.05, 0.1) is 36.5 Å². The third-order valence-electron chi connectivity index (χ3n) is 7.50. The summed E-state index contributed by atoms with van der Waals surface area (Å²) in [5.74, 6) is 2.58. The van der Waals surface area contributed by atoms with Gasteiger partial charge in [0.25, 0.3) is 0 Å². The number of nitrogens with zero attached hydrogens (tertiary/aromatic N) is 4. The van der Waals surface area contributed by atoms with Crippen LogP contribution in [-0.2, 0) is 12.7 Å². The molecule has 2 heterocycles. The molecule has 2 aromatic heterocycles. The lowest BCUT2D eigenvalue weighted by molar-refractivity contribution is -0.137. The standard InChI is InChI=1S/C33H30ClF3N4O2/c1-3-41(28-15-12-24(17-27(28)34)33(35,36)37)30-16-23-19-40(18-21-10-13-25(42-2)14-11-21)39-31(23)32(38-30)26-6-4-5-7-29(26)43-20-22-8-9-22/h4-7,10-17,19,22H,3,8-9,18,20H2,1-2H3. The third-order valence-corrected chi connectivity index (χ3v) is 7.80. The zero-order chi connectivity index (χ0) is 30.1. The van der Waals surface area contributed by atoms with E-state index >= 15 is 0 Å². The Hall–Kier alpha value is -4.24. The summed E-state index contributed by atoms with van der Waals surface area (Å²) in [6, 6.07) is 20.8. The Morgan fingerprint density at radius 2 is 1.79 bits per heavy atom. The van der Waals surface area contributed by atoms with Gasteiger partial charge in [-0.1, -0.05) is 35.9 Å². The maximum absolute atomic E-state index is 13.4. The first-order valence-electron chi connectivity index (χ1n) is 14.1. The molecule has 0 atom stereocenters. The summed E-state index contributed by atoms with van der Waals surface area (Å²) in [7, 11) is 1.63. The van der Waals surface area contributed by atoms with Gasteiger partial charge in [0, 0.05) is 23.7 Å². The fraction of sp³-hybridized carbons (Fsp3) is 0.273. The minimum atomic E-state index is -4.49. The summed E-state index contributed by atoms with van der Waals surface area (Å²) >= 11 is 6.44. The predicted octanol–water partition coefficient (Wildman–Crippen LogP) is 8.77. The first-order valence-corrected chi connectivity index (χ1v) is 14.5. The number of rotatable bonds is 10. The van der Waals surface area contributed by atoms with Crippen molar-refractivity contribution in [2.24, 2.45) is 5.92 Å². The van der Waals surface area contributed by atoms with Crippen LogP contribution in [0.15, 0.2) is 79.0 Å². The van der Waals surface area contributed by atoms with Gasteiger partial charge in [-0.25, -0.2) is 4.98 Å². The number of alkyl halides is 3. The first kappa shape index (κ1) is 28.9. The molecule has 222 valence electrons. The Morgan fingerprint density at radius 1 is 1.02 bits per heavy atom. The third kappa shape index (κ3) is 6.27. The topological polar surface area (TPSA) is 52.4 Å². The highest BCUT2D eigenvalue weighted by molar-refractivity contribution is 6.33. The van der Waals surface area contributed by atoms with Gasteiger partial charge in [0.1, 0.15) is 28.5 Å². The molecule has 6 nitrogen and oxygen atoms in total. The van der Waals surface area contributed by atoms with E-state index in [9.17, 15) is 13.2 Å². The number of methoxy groups -OCH3 is 1. The molecule has 3 aromatic carbocycles. The zero-order valence-electron chi connectivity index (χ0n) is 23.7. The number of anilines is 2. The monoisotopic (exact) mass is 606 g/mol. The Kier molecular flexibility index (Phi) is 7.92. The smallest absolute Gasteiger partial charge is 0.416 e. The minimum Gasteiger partial charge on any atom is -0.497 e. The number of ether oxygens (including phenoxy) is 2. The molecule has 0 bridgehead atoms. The van der Waals surface area contributed by atoms with Gasteiger partial charge in [0.2, 0.25) is 0 Å². The summed E-state index contributed by atoms with van der Waals surface area (Å²) in [4.78, 5) is 6.86. The maximum atomic E-state index is 13.4. The molecule has 6 rings (SSSR count). The molecule has 0 unspecified atom stereocenters. The second-order valence-electron chi connectivity index (χ2n) is 10.6. The maximum Gasteiger partial charge on any atom is 0.416 e. The van der Waals surface area contributed by atoms with Crippen LogP contribution in [0.1, 0.15) is 30.9 Å². The molecule has 0 radical (unpaired) electrons. The molecule has 1 saturated carbocycles. The summed E-state index contributed by atoms with van der Waals surface area (Å²) in [6.45, 7) is 3.48. The van der Waals surface area contributed by atoms with Crippen molar-refractivity contribution in [1.29, 1.82) is 0 Å². The van der Waals surface area contributed by atoms with Gasteiger partial charge in [-0.2, -0.15) is 18.3 Å². The molecule has 0 spiro atoms. The van der Waals surface area contributed by atoms with Crippen LogP contribution in [0.2, 0.25) is 5.02 Å². The molecule has 0 aliphatic heterocycles. The van der Waals surface area contributed by atoms with Gasteiger partial charge >= 0.3 is 6.18 Å². The molecular formula is C33H30ClF3N4O2. The van der Waals surface area contributed by atoms with Gasteiger partial charge in [-0.05, 0) is 79.8 Å². The van der Waals surface area contributed by atoms with Gasteiger partial charge in [-0.3, -0.25) is 4.68 Å². The van der Waals surface area contributed by atoms with Crippen molar-refractivity contribution in [2.45, 2.75) is 32.5 Å². The van der Waals surface area contributed by atoms with Crippen molar-refractivity contribution in [1.82, 2.24) is 14.8 Å². The number of fused-ring (bicyclic) bond motifs is 1. The minimum absolute atomic E-state index is 0.0107. The lowest BCUT2D eigenvalue weighted by atomic mass is 10.1.